The van der Waals surface area contributed by atoms with Crippen LogP contribution in [0, 0.1) is 0 Å². The molecule has 0 heterocycles. The molecule has 0 amide bonds. The van der Waals surface area contributed by atoms with Crippen LogP contribution >= 0.6 is 15.2 Å². The van der Waals surface area contributed by atoms with E-state index in [2.05, 4.69) is 0 Å². The molecule has 30 heavy (non-hydrogen) atoms. The minimum absolute atomic E-state index is 0. The third kappa shape index (κ3) is 13.0. The number of carbonyl (C=O) groups excluding carboxylic acids is 1. The van der Waals surface area contributed by atoms with Crippen molar-refractivity contribution >= 4 is 43.7 Å². The number of benzene rings is 2. The Hall–Kier alpha value is 1.89. The van der Waals surface area contributed by atoms with Crippen molar-refractivity contribution in [2.24, 2.45) is 0 Å². The molecule has 0 aliphatic rings. The van der Waals surface area contributed by atoms with Crippen molar-refractivity contribution in [3.05, 3.63) is 71.8 Å². The van der Waals surface area contributed by atoms with Crippen molar-refractivity contribution in [1.29, 1.82) is 0 Å². The van der Waals surface area contributed by atoms with Crippen molar-refractivity contribution in [3.63, 3.8) is 0 Å². The van der Waals surface area contributed by atoms with Gasteiger partial charge in [0.05, 0.1) is 0 Å². The minimum Gasteiger partial charge on any atom is -0.807 e. The van der Waals surface area contributed by atoms with Crippen molar-refractivity contribution in [3.8, 4) is 0 Å². The molecule has 2 aromatic rings. The number of hydrogen-bond acceptors (Lipinski definition) is 7. The summed E-state index contributed by atoms with van der Waals surface area (Å²) < 4.78 is 21.7. The summed E-state index contributed by atoms with van der Waals surface area (Å²) in [4.78, 5) is 55.2. The molecule has 0 spiro atoms. The Morgan fingerprint density at radius 2 is 0.867 bits per heavy atom. The van der Waals surface area contributed by atoms with Gasteiger partial charge in [0, 0.05) is 0 Å². The van der Waals surface area contributed by atoms with E-state index in [4.69, 9.17) is 0 Å². The molecule has 0 bridgehead atoms. The molecule has 0 aliphatic carbocycles. The zero-order valence-corrected chi connectivity index (χ0v) is 27.0. The monoisotopic (exact) mass is 482 g/mol. The van der Waals surface area contributed by atoms with Crippen LogP contribution in [0.25, 0.3) is 12.2 Å². The fourth-order valence-corrected chi connectivity index (χ4v) is 2.98. The Bertz CT molecular complexity index is 872. The molecule has 2 aromatic carbocycles. The molecule has 0 aliphatic heterocycles. The van der Waals surface area contributed by atoms with Crippen molar-refractivity contribution < 1.29 is 152 Å². The van der Waals surface area contributed by atoms with Gasteiger partial charge in [0.15, 0.2) is 5.78 Å². The molecule has 7 nitrogen and oxygen atoms in total. The second-order valence-corrected chi connectivity index (χ2v) is 8.27. The van der Waals surface area contributed by atoms with Gasteiger partial charge in [-0.1, -0.05) is 60.7 Å². The third-order valence-corrected chi connectivity index (χ3v) is 5.16. The molecule has 0 N–H and O–H groups in total. The Labute approximate surface area is 263 Å². The number of rotatable bonds is 6. The fraction of sp³-hybridized carbons (Fsp3) is 0. The number of allylic oxidation sites excluding steroid dienone is 2. The van der Waals surface area contributed by atoms with Crippen LogP contribution in [0.15, 0.2) is 60.7 Å². The van der Waals surface area contributed by atoms with Crippen LogP contribution in [-0.2, 0) is 13.9 Å². The van der Waals surface area contributed by atoms with Gasteiger partial charge in [0.1, 0.15) is 0 Å². The molecular weight excluding hydrogens is 470 g/mol. The number of carbonyl (C=O) groups is 1. The van der Waals surface area contributed by atoms with E-state index in [0.29, 0.717) is 11.1 Å². The van der Waals surface area contributed by atoms with Crippen molar-refractivity contribution in [1.82, 2.24) is 0 Å². The topological polar surface area (TPSA) is 143 Å². The largest absolute Gasteiger partial charge is 1.00 e. The Morgan fingerprint density at radius 3 is 1.10 bits per heavy atom. The first kappa shape index (κ1) is 36.5. The molecule has 0 radical (unpaired) electrons. The van der Waals surface area contributed by atoms with Gasteiger partial charge in [0.2, 0.25) is 0 Å². The van der Waals surface area contributed by atoms with Crippen LogP contribution in [0.2, 0.25) is 0 Å². The summed E-state index contributed by atoms with van der Waals surface area (Å²) in [5.74, 6) is -0.366. The zero-order valence-electron chi connectivity index (χ0n) is 17.2. The van der Waals surface area contributed by atoms with Crippen LogP contribution in [-0.4, -0.2) is 5.78 Å². The minimum atomic E-state index is -4.79. The van der Waals surface area contributed by atoms with Crippen LogP contribution in [0.4, 0.5) is 0 Å². The maximum atomic E-state index is 11.8. The third-order valence-electron chi connectivity index (χ3n) is 3.30. The van der Waals surface area contributed by atoms with E-state index >= 15 is 0 Å². The first-order valence-corrected chi connectivity index (χ1v) is 10.3. The summed E-state index contributed by atoms with van der Waals surface area (Å²) in [6, 6.07) is 10.2. The molecule has 0 saturated carbocycles. The summed E-state index contributed by atoms with van der Waals surface area (Å²) in [5.41, 5.74) is 1.07. The fourth-order valence-electron chi connectivity index (χ4n) is 1.95. The van der Waals surface area contributed by atoms with Crippen LogP contribution in [0.3, 0.4) is 0 Å². The normalized spacial score (nSPS) is 11.1. The predicted molar refractivity (Wildman–Crippen MR) is 90.4 cm³/mol. The summed E-state index contributed by atoms with van der Waals surface area (Å²) in [5, 5.41) is -0.657. The molecule has 0 unspecified atom stereocenters. The van der Waals surface area contributed by atoms with E-state index in [9.17, 15) is 33.5 Å². The quantitative estimate of drug-likeness (QED) is 0.226. The second-order valence-electron chi connectivity index (χ2n) is 5.25. The Kier molecular flexibility index (Phi) is 20.1. The second kappa shape index (κ2) is 16.5. The van der Waals surface area contributed by atoms with Gasteiger partial charge in [0.25, 0.3) is 0 Å². The number of ketones is 1. The average Bonchev–Trinajstić information content (AvgIpc) is 2.57. The molecule has 2 rings (SSSR count). The Balaban J connectivity index is -0.00000182. The van der Waals surface area contributed by atoms with E-state index < -0.39 is 15.2 Å². The first-order chi connectivity index (χ1) is 12.1. The molecule has 0 aromatic heterocycles. The van der Waals surface area contributed by atoms with Crippen molar-refractivity contribution in [2.75, 3.05) is 0 Å². The van der Waals surface area contributed by atoms with Gasteiger partial charge in [-0.2, -0.15) is 0 Å². The molecular formula is C17H12Na4O7P2. The van der Waals surface area contributed by atoms with Gasteiger partial charge in [-0.3, -0.25) is 4.79 Å². The zero-order chi connectivity index (χ0) is 19.4. The SMILES string of the molecule is O=C(/C=C/c1ccc(P(=O)([O-])[O-])cc1)/C=C/c1ccc(P(=O)([O-])[O-])cc1.[Na+].[Na+].[Na+].[Na+]. The summed E-state index contributed by atoms with van der Waals surface area (Å²) >= 11 is 0. The maximum absolute atomic E-state index is 11.8. The maximum Gasteiger partial charge on any atom is 1.00 e. The van der Waals surface area contributed by atoms with E-state index in [1.807, 2.05) is 0 Å². The van der Waals surface area contributed by atoms with Gasteiger partial charge in [-0.05, 0) is 49.1 Å². The van der Waals surface area contributed by atoms with Crippen LogP contribution in [0.1, 0.15) is 11.1 Å². The molecule has 0 saturated heterocycles. The van der Waals surface area contributed by atoms with E-state index in [1.165, 1.54) is 48.6 Å². The predicted octanol–water partition coefficient (Wildman–Crippen LogP) is -12.9. The molecule has 136 valence electrons. The van der Waals surface area contributed by atoms with E-state index in [0.717, 1.165) is 24.3 Å². The first-order valence-electron chi connectivity index (χ1n) is 7.21. The standard InChI is InChI=1S/C17H16O7P2.4Na/c18-15(7-1-13-3-9-16(10-4-13)25(19,20)21)8-2-14-5-11-17(12-6-14)26(22,23)24;;;;/h1-12H,(H2,19,20,21)(H2,22,23,24);;;;/q;4*+1/p-4/b7-1+,8-2+;;;;. The van der Waals surface area contributed by atoms with Gasteiger partial charge >= 0.3 is 118 Å². The summed E-state index contributed by atoms with van der Waals surface area (Å²) in [7, 11) is -9.59. The molecule has 13 heteroatoms. The molecule has 0 fully saturated rings. The van der Waals surface area contributed by atoms with Crippen LogP contribution < -0.4 is 148 Å². The summed E-state index contributed by atoms with van der Waals surface area (Å²) in [6.45, 7) is 0. The molecule has 0 atom stereocenters. The van der Waals surface area contributed by atoms with Crippen molar-refractivity contribution in [2.45, 2.75) is 0 Å². The average molecular weight is 482 g/mol. The van der Waals surface area contributed by atoms with Crippen LogP contribution in [0.5, 0.6) is 0 Å². The van der Waals surface area contributed by atoms with Gasteiger partial charge < -0.3 is 28.7 Å². The summed E-state index contributed by atoms with van der Waals surface area (Å²) in [6.07, 6.45) is 5.39. The Morgan fingerprint density at radius 1 is 0.600 bits per heavy atom. The van der Waals surface area contributed by atoms with Gasteiger partial charge in [-0.15, -0.1) is 0 Å². The smallest absolute Gasteiger partial charge is 0.807 e. The van der Waals surface area contributed by atoms with Gasteiger partial charge in [-0.25, -0.2) is 0 Å². The van der Waals surface area contributed by atoms with E-state index in [1.54, 1.807) is 0 Å². The number of hydrogen-bond donors (Lipinski definition) is 0. The van der Waals surface area contributed by atoms with E-state index in [-0.39, 0.29) is 135 Å².